The van der Waals surface area contributed by atoms with Gasteiger partial charge in [-0.3, -0.25) is 10.1 Å². The van der Waals surface area contributed by atoms with E-state index in [1.165, 1.54) is 6.42 Å². The Balaban J connectivity index is 2.00. The lowest BCUT2D eigenvalue weighted by atomic mass is 10.0. The molecule has 1 saturated heterocycles. The van der Waals surface area contributed by atoms with Crippen molar-refractivity contribution >= 4 is 27.3 Å². The van der Waals surface area contributed by atoms with E-state index in [1.54, 1.807) is 18.2 Å². The first-order valence-corrected chi connectivity index (χ1v) is 7.82. The maximum absolute atomic E-state index is 11.1. The number of nitrogens with zero attached hydrogens (tertiary/aromatic N) is 2. The number of benzene rings is 1. The fraction of sp³-hybridized carbons (Fsp3) is 0.571. The maximum atomic E-state index is 11.1. The topological polar surface area (TPSA) is 58.4 Å². The van der Waals surface area contributed by atoms with Crippen molar-refractivity contribution in [3.8, 4) is 0 Å². The van der Waals surface area contributed by atoms with Gasteiger partial charge in [0.15, 0.2) is 0 Å². The van der Waals surface area contributed by atoms with Crippen LogP contribution in [0.3, 0.4) is 0 Å². The monoisotopic (exact) mass is 341 g/mol. The van der Waals surface area contributed by atoms with Gasteiger partial charge in [-0.25, -0.2) is 0 Å². The van der Waals surface area contributed by atoms with E-state index >= 15 is 0 Å². The molecule has 0 radical (unpaired) electrons. The summed E-state index contributed by atoms with van der Waals surface area (Å²) in [6.45, 7) is 5.46. The van der Waals surface area contributed by atoms with Gasteiger partial charge in [0.1, 0.15) is 5.69 Å². The number of hydrogen-bond donors (Lipinski definition) is 1. The summed E-state index contributed by atoms with van der Waals surface area (Å²) in [7, 11) is 0. The first-order chi connectivity index (χ1) is 9.60. The van der Waals surface area contributed by atoms with E-state index in [2.05, 4.69) is 33.1 Å². The maximum Gasteiger partial charge on any atom is 0.292 e. The molecule has 1 N–H and O–H groups in total. The first kappa shape index (κ1) is 15.3. The Hall–Kier alpha value is -1.14. The number of rotatable bonds is 5. The van der Waals surface area contributed by atoms with Crippen LogP contribution in [0.4, 0.5) is 11.4 Å². The summed E-state index contributed by atoms with van der Waals surface area (Å²) >= 11 is 3.37. The summed E-state index contributed by atoms with van der Waals surface area (Å²) in [4.78, 5) is 13.2. The number of anilines is 1. The molecule has 1 aliphatic heterocycles. The average molecular weight is 342 g/mol. The lowest BCUT2D eigenvalue weighted by Crippen LogP contribution is -2.39. The zero-order chi connectivity index (χ0) is 14.5. The predicted molar refractivity (Wildman–Crippen MR) is 84.2 cm³/mol. The lowest BCUT2D eigenvalue weighted by Gasteiger charge is -2.32. The minimum Gasteiger partial charge on any atom is -0.377 e. The van der Waals surface area contributed by atoms with Gasteiger partial charge in [0.05, 0.1) is 4.92 Å². The summed E-state index contributed by atoms with van der Waals surface area (Å²) < 4.78 is 0.856. The Bertz CT molecular complexity index is 473. The van der Waals surface area contributed by atoms with Gasteiger partial charge in [-0.2, -0.15) is 0 Å². The molecule has 5 nitrogen and oxygen atoms in total. The standard InChI is InChI=1S/C14H20BrN3O2/c1-2-7-17-8-5-12(6-9-17)16-13-10-11(15)3-4-14(13)18(19)20/h3-4,10,12,16H,2,5-9H2,1H3. The Morgan fingerprint density at radius 1 is 1.45 bits per heavy atom. The fourth-order valence-corrected chi connectivity index (χ4v) is 2.98. The second kappa shape index (κ2) is 7.04. The summed E-state index contributed by atoms with van der Waals surface area (Å²) in [5, 5.41) is 14.4. The molecule has 1 heterocycles. The molecule has 2 rings (SSSR count). The molecule has 1 aromatic carbocycles. The van der Waals surface area contributed by atoms with E-state index in [9.17, 15) is 10.1 Å². The van der Waals surface area contributed by atoms with Crippen molar-refractivity contribution in [3.63, 3.8) is 0 Å². The van der Waals surface area contributed by atoms with Crippen molar-refractivity contribution in [2.75, 3.05) is 25.0 Å². The van der Waals surface area contributed by atoms with E-state index in [0.717, 1.165) is 36.9 Å². The Morgan fingerprint density at radius 3 is 2.75 bits per heavy atom. The predicted octanol–water partition coefficient (Wildman–Crippen LogP) is 3.64. The van der Waals surface area contributed by atoms with Crippen molar-refractivity contribution in [3.05, 3.63) is 32.8 Å². The molecular formula is C14H20BrN3O2. The molecule has 0 saturated carbocycles. The summed E-state index contributed by atoms with van der Waals surface area (Å²) in [6, 6.07) is 5.35. The van der Waals surface area contributed by atoms with Crippen LogP contribution in [0.5, 0.6) is 0 Å². The summed E-state index contributed by atoms with van der Waals surface area (Å²) in [6.07, 6.45) is 3.24. The molecule has 0 bridgehead atoms. The summed E-state index contributed by atoms with van der Waals surface area (Å²) in [5.41, 5.74) is 0.752. The fourth-order valence-electron chi connectivity index (χ4n) is 2.62. The third-order valence-corrected chi connectivity index (χ3v) is 4.14. The van der Waals surface area contributed by atoms with E-state index in [-0.39, 0.29) is 10.6 Å². The number of hydrogen-bond acceptors (Lipinski definition) is 4. The van der Waals surface area contributed by atoms with E-state index in [4.69, 9.17) is 0 Å². The van der Waals surface area contributed by atoms with Crippen molar-refractivity contribution in [2.45, 2.75) is 32.2 Å². The van der Waals surface area contributed by atoms with Crippen LogP contribution in [0, 0.1) is 10.1 Å². The molecule has 1 fully saturated rings. The lowest BCUT2D eigenvalue weighted by molar-refractivity contribution is -0.384. The molecule has 6 heteroatoms. The molecule has 0 amide bonds. The molecule has 0 spiro atoms. The highest BCUT2D eigenvalue weighted by molar-refractivity contribution is 9.10. The van der Waals surface area contributed by atoms with Gasteiger partial charge in [0, 0.05) is 29.7 Å². The smallest absolute Gasteiger partial charge is 0.292 e. The molecule has 20 heavy (non-hydrogen) atoms. The molecule has 0 aliphatic carbocycles. The number of nitrogens with one attached hydrogen (secondary N) is 1. The van der Waals surface area contributed by atoms with Gasteiger partial charge in [0.2, 0.25) is 0 Å². The highest BCUT2D eigenvalue weighted by Gasteiger charge is 2.21. The number of halogens is 1. The molecule has 0 aromatic heterocycles. The number of piperidine rings is 1. The van der Waals surface area contributed by atoms with Crippen molar-refractivity contribution in [1.82, 2.24) is 4.90 Å². The second-order valence-corrected chi connectivity index (χ2v) is 6.09. The van der Waals surface area contributed by atoms with Gasteiger partial charge in [0.25, 0.3) is 5.69 Å². The molecule has 0 unspecified atom stereocenters. The molecule has 110 valence electrons. The highest BCUT2D eigenvalue weighted by Crippen LogP contribution is 2.29. The van der Waals surface area contributed by atoms with E-state index in [0.29, 0.717) is 11.7 Å². The van der Waals surface area contributed by atoms with Crippen LogP contribution in [0.1, 0.15) is 26.2 Å². The third-order valence-electron chi connectivity index (χ3n) is 3.64. The van der Waals surface area contributed by atoms with Crippen LogP contribution in [0.2, 0.25) is 0 Å². The van der Waals surface area contributed by atoms with Crippen LogP contribution < -0.4 is 5.32 Å². The van der Waals surface area contributed by atoms with Gasteiger partial charge >= 0.3 is 0 Å². The van der Waals surface area contributed by atoms with E-state index < -0.39 is 0 Å². The minimum atomic E-state index is -0.332. The Labute approximate surface area is 127 Å². The molecule has 1 aromatic rings. The van der Waals surface area contributed by atoms with Crippen LogP contribution >= 0.6 is 15.9 Å². The SMILES string of the molecule is CCCN1CCC(Nc2cc(Br)ccc2[N+](=O)[O-])CC1. The van der Waals surface area contributed by atoms with Crippen molar-refractivity contribution in [1.29, 1.82) is 0 Å². The van der Waals surface area contributed by atoms with Crippen LogP contribution in [-0.2, 0) is 0 Å². The zero-order valence-electron chi connectivity index (χ0n) is 11.6. The van der Waals surface area contributed by atoms with Crippen LogP contribution in [0.15, 0.2) is 22.7 Å². The molecule has 0 atom stereocenters. The molecule has 1 aliphatic rings. The largest absolute Gasteiger partial charge is 0.377 e. The minimum absolute atomic E-state index is 0.143. The number of nitro groups is 1. The third kappa shape index (κ3) is 3.93. The number of likely N-dealkylation sites (tertiary alicyclic amines) is 1. The highest BCUT2D eigenvalue weighted by atomic mass is 79.9. The van der Waals surface area contributed by atoms with Gasteiger partial charge in [-0.1, -0.05) is 22.9 Å². The second-order valence-electron chi connectivity index (χ2n) is 5.18. The van der Waals surface area contributed by atoms with Gasteiger partial charge in [-0.05, 0) is 37.9 Å². The van der Waals surface area contributed by atoms with Crippen LogP contribution in [-0.4, -0.2) is 35.5 Å². The quantitative estimate of drug-likeness (QED) is 0.656. The molecular weight excluding hydrogens is 322 g/mol. The Kier molecular flexibility index (Phi) is 5.37. The average Bonchev–Trinajstić information content (AvgIpc) is 2.41. The van der Waals surface area contributed by atoms with Crippen molar-refractivity contribution < 1.29 is 4.92 Å². The summed E-state index contributed by atoms with van der Waals surface area (Å²) in [5.74, 6) is 0. The van der Waals surface area contributed by atoms with E-state index in [1.807, 2.05) is 0 Å². The zero-order valence-corrected chi connectivity index (χ0v) is 13.2. The van der Waals surface area contributed by atoms with Crippen molar-refractivity contribution in [2.24, 2.45) is 0 Å². The van der Waals surface area contributed by atoms with Crippen LogP contribution in [0.25, 0.3) is 0 Å². The van der Waals surface area contributed by atoms with Gasteiger partial charge in [-0.15, -0.1) is 0 Å². The Morgan fingerprint density at radius 2 is 2.15 bits per heavy atom. The van der Waals surface area contributed by atoms with Gasteiger partial charge < -0.3 is 10.2 Å². The first-order valence-electron chi connectivity index (χ1n) is 7.03. The number of nitro benzene ring substituents is 1. The normalized spacial score (nSPS) is 17.1.